The molecule has 0 aliphatic rings. The number of hydrogen-bond acceptors (Lipinski definition) is 6. The number of hydrogen-bond donors (Lipinski definition) is 1. The molecule has 1 amide bonds. The summed E-state index contributed by atoms with van der Waals surface area (Å²) in [7, 11) is 0. The largest absolute Gasteiger partial charge is 0.478 e. The Kier molecular flexibility index (Phi) is 6.70. The summed E-state index contributed by atoms with van der Waals surface area (Å²) in [6.07, 6.45) is -0.631. The van der Waals surface area contributed by atoms with Crippen LogP contribution in [0.4, 0.5) is 4.39 Å². The van der Waals surface area contributed by atoms with E-state index in [0.29, 0.717) is 0 Å². The topological polar surface area (TPSA) is 77.2 Å². The third-order valence-electron chi connectivity index (χ3n) is 4.90. The molecule has 4 rings (SSSR count). The summed E-state index contributed by atoms with van der Waals surface area (Å²) in [6.45, 7) is 3.64. The fourth-order valence-electron chi connectivity index (χ4n) is 3.34. The molecular formula is C24H22FN3O3S. The zero-order valence-electron chi connectivity index (χ0n) is 17.6. The highest BCUT2D eigenvalue weighted by Gasteiger charge is 2.19. The number of nitrogens with zero attached hydrogens (tertiary/aromatic N) is 2. The molecule has 6 nitrogen and oxygen atoms in total. The minimum Gasteiger partial charge on any atom is -0.478 e. The van der Waals surface area contributed by atoms with Gasteiger partial charge in [-0.2, -0.15) is 0 Å². The maximum Gasteiger partial charge on any atom is 0.277 e. The van der Waals surface area contributed by atoms with Gasteiger partial charge < -0.3 is 14.5 Å². The van der Waals surface area contributed by atoms with Gasteiger partial charge in [-0.1, -0.05) is 66.4 Å². The summed E-state index contributed by atoms with van der Waals surface area (Å²) in [5, 5.41) is 13.4. The lowest BCUT2D eigenvalue weighted by Crippen LogP contribution is -2.28. The van der Waals surface area contributed by atoms with Gasteiger partial charge in [-0.05, 0) is 42.3 Å². The number of amides is 1. The van der Waals surface area contributed by atoms with Crippen LogP contribution in [0, 0.1) is 5.82 Å². The van der Waals surface area contributed by atoms with E-state index < -0.39 is 11.9 Å². The predicted molar refractivity (Wildman–Crippen MR) is 121 cm³/mol. The second-order valence-corrected chi connectivity index (χ2v) is 8.17. The minimum atomic E-state index is -0.631. The van der Waals surface area contributed by atoms with Gasteiger partial charge in [0.2, 0.25) is 5.91 Å². The molecule has 0 saturated heterocycles. The lowest BCUT2D eigenvalue weighted by molar-refractivity contribution is -0.119. The van der Waals surface area contributed by atoms with Crippen LogP contribution in [-0.4, -0.2) is 21.9 Å². The second kappa shape index (κ2) is 9.82. The number of carbonyl (C=O) groups excluding carboxylic acids is 1. The van der Waals surface area contributed by atoms with Crippen LogP contribution in [-0.2, 0) is 4.79 Å². The molecule has 0 radical (unpaired) electrons. The number of fused-ring (bicyclic) bond motifs is 1. The van der Waals surface area contributed by atoms with Crippen molar-refractivity contribution >= 4 is 28.4 Å². The van der Waals surface area contributed by atoms with Gasteiger partial charge in [0.15, 0.2) is 17.7 Å². The van der Waals surface area contributed by atoms with Gasteiger partial charge >= 0.3 is 0 Å². The highest BCUT2D eigenvalue weighted by Crippen LogP contribution is 2.26. The number of nitrogens with one attached hydrogen (secondary N) is 1. The van der Waals surface area contributed by atoms with E-state index in [1.165, 1.54) is 12.1 Å². The Morgan fingerprint density at radius 3 is 2.66 bits per heavy atom. The molecular weight excluding hydrogens is 429 g/mol. The Morgan fingerprint density at radius 1 is 1.06 bits per heavy atom. The number of rotatable bonds is 8. The van der Waals surface area contributed by atoms with Crippen LogP contribution in [0.1, 0.15) is 37.4 Å². The van der Waals surface area contributed by atoms with E-state index in [1.54, 1.807) is 19.1 Å². The van der Waals surface area contributed by atoms with Crippen molar-refractivity contribution in [3.8, 4) is 5.75 Å². The molecule has 4 aromatic rings. The number of thioether (sulfide) groups is 1. The Hall–Kier alpha value is -3.39. The Balaban J connectivity index is 1.32. The fourth-order valence-corrected chi connectivity index (χ4v) is 3.92. The summed E-state index contributed by atoms with van der Waals surface area (Å²) in [5.41, 5.74) is 1.06. The molecule has 0 fully saturated rings. The Labute approximate surface area is 189 Å². The van der Waals surface area contributed by atoms with Crippen molar-refractivity contribution in [2.45, 2.75) is 31.2 Å². The van der Waals surface area contributed by atoms with Crippen LogP contribution in [0.2, 0.25) is 0 Å². The van der Waals surface area contributed by atoms with Gasteiger partial charge in [-0.3, -0.25) is 4.79 Å². The molecule has 2 atom stereocenters. The van der Waals surface area contributed by atoms with Gasteiger partial charge in [-0.15, -0.1) is 10.2 Å². The maximum absolute atomic E-state index is 13.8. The van der Waals surface area contributed by atoms with E-state index >= 15 is 0 Å². The fraction of sp³-hybridized carbons (Fsp3) is 0.208. The molecule has 164 valence electrons. The normalized spacial score (nSPS) is 13.0. The molecule has 0 spiro atoms. The number of halogens is 1. The molecule has 32 heavy (non-hydrogen) atoms. The van der Waals surface area contributed by atoms with Crippen molar-refractivity contribution in [1.82, 2.24) is 15.5 Å². The third kappa shape index (κ3) is 5.08. The van der Waals surface area contributed by atoms with Crippen LogP contribution in [0.15, 0.2) is 76.4 Å². The van der Waals surface area contributed by atoms with Gasteiger partial charge in [0.25, 0.3) is 11.1 Å². The summed E-state index contributed by atoms with van der Waals surface area (Å²) in [5.74, 6) is -0.176. The van der Waals surface area contributed by atoms with Crippen molar-refractivity contribution in [2.24, 2.45) is 0 Å². The molecule has 0 saturated carbocycles. The van der Waals surface area contributed by atoms with E-state index in [2.05, 4.69) is 15.5 Å². The first-order valence-electron chi connectivity index (χ1n) is 10.2. The summed E-state index contributed by atoms with van der Waals surface area (Å²) >= 11 is 1.14. The first-order valence-corrected chi connectivity index (χ1v) is 11.1. The third-order valence-corrected chi connectivity index (χ3v) is 5.72. The number of aromatic nitrogens is 2. The van der Waals surface area contributed by atoms with Crippen LogP contribution in [0.25, 0.3) is 10.8 Å². The molecule has 0 aliphatic heterocycles. The van der Waals surface area contributed by atoms with Crippen molar-refractivity contribution in [1.29, 1.82) is 0 Å². The smallest absolute Gasteiger partial charge is 0.277 e. The average molecular weight is 452 g/mol. The highest BCUT2D eigenvalue weighted by atomic mass is 32.2. The molecule has 8 heteroatoms. The molecule has 1 aromatic heterocycles. The monoisotopic (exact) mass is 451 g/mol. The van der Waals surface area contributed by atoms with E-state index in [-0.39, 0.29) is 34.6 Å². The Morgan fingerprint density at radius 2 is 1.81 bits per heavy atom. The molecule has 0 aliphatic carbocycles. The average Bonchev–Trinajstić information content (AvgIpc) is 3.28. The molecule has 0 bridgehead atoms. The lowest BCUT2D eigenvalue weighted by Gasteiger charge is -2.16. The van der Waals surface area contributed by atoms with E-state index in [1.807, 2.05) is 49.4 Å². The highest BCUT2D eigenvalue weighted by molar-refractivity contribution is 7.99. The van der Waals surface area contributed by atoms with E-state index in [9.17, 15) is 9.18 Å². The number of carbonyl (C=O) groups is 1. The summed E-state index contributed by atoms with van der Waals surface area (Å²) in [4.78, 5) is 12.5. The molecule has 3 aromatic carbocycles. The van der Waals surface area contributed by atoms with Gasteiger partial charge in [0.1, 0.15) is 0 Å². The van der Waals surface area contributed by atoms with E-state index in [4.69, 9.17) is 9.15 Å². The molecule has 0 unspecified atom stereocenters. The zero-order chi connectivity index (χ0) is 22.5. The van der Waals surface area contributed by atoms with Gasteiger partial charge in [0.05, 0.1) is 11.8 Å². The number of ether oxygens (including phenoxy) is 1. The van der Waals surface area contributed by atoms with Crippen molar-refractivity contribution in [2.75, 3.05) is 5.75 Å². The first-order chi connectivity index (χ1) is 15.5. The maximum atomic E-state index is 13.8. The summed E-state index contributed by atoms with van der Waals surface area (Å²) in [6, 6.07) is 20.1. The standard InChI is InChI=1S/C24H22FN3O3S/c1-15(18-11-7-9-17-8-3-4-10-19(17)18)26-22(29)14-32-24-28-27-23(31-24)16(2)30-21-13-6-5-12-20(21)25/h3-13,15-16H,14H2,1-2H3,(H,26,29)/t15-,16+/m0/s1. The minimum absolute atomic E-state index is 0.106. The first kappa shape index (κ1) is 21.8. The van der Waals surface area contributed by atoms with Crippen molar-refractivity contribution in [3.63, 3.8) is 0 Å². The predicted octanol–water partition coefficient (Wildman–Crippen LogP) is 5.47. The lowest BCUT2D eigenvalue weighted by atomic mass is 10.00. The molecule has 1 heterocycles. The van der Waals surface area contributed by atoms with Crippen molar-refractivity contribution in [3.05, 3.63) is 84.0 Å². The zero-order valence-corrected chi connectivity index (χ0v) is 18.4. The quantitative estimate of drug-likeness (QED) is 0.358. The van der Waals surface area contributed by atoms with Gasteiger partial charge in [-0.25, -0.2) is 4.39 Å². The second-order valence-electron chi connectivity index (χ2n) is 7.24. The van der Waals surface area contributed by atoms with Gasteiger partial charge in [0, 0.05) is 0 Å². The van der Waals surface area contributed by atoms with Crippen LogP contribution >= 0.6 is 11.8 Å². The van der Waals surface area contributed by atoms with Crippen LogP contribution < -0.4 is 10.1 Å². The summed E-state index contributed by atoms with van der Waals surface area (Å²) < 4.78 is 24.9. The van der Waals surface area contributed by atoms with E-state index in [0.717, 1.165) is 28.1 Å². The Bertz CT molecular complexity index is 1220. The van der Waals surface area contributed by atoms with Crippen LogP contribution in [0.5, 0.6) is 5.75 Å². The van der Waals surface area contributed by atoms with Crippen LogP contribution in [0.3, 0.4) is 0 Å². The SMILES string of the molecule is C[C@H](NC(=O)CSc1nnc([C@@H](C)Oc2ccccc2F)o1)c1cccc2ccccc12. The number of benzene rings is 3. The van der Waals surface area contributed by atoms with Crippen molar-refractivity contribution < 1.29 is 18.3 Å². The molecule has 1 N–H and O–H groups in total. The number of para-hydroxylation sites is 1.